The molecule has 1 aliphatic rings. The van der Waals surface area contributed by atoms with Crippen molar-refractivity contribution in [3.8, 4) is 5.75 Å². The Morgan fingerprint density at radius 2 is 1.32 bits per heavy atom. The van der Waals surface area contributed by atoms with E-state index < -0.39 is 54.6 Å². The van der Waals surface area contributed by atoms with E-state index in [0.29, 0.717) is 11.4 Å². The molecule has 2 unspecified atom stereocenters. The number of ether oxygens (including phenoxy) is 6. The third-order valence-corrected chi connectivity index (χ3v) is 4.08. The maximum absolute atomic E-state index is 11.8. The zero-order chi connectivity index (χ0) is 23.1. The molecule has 2 N–H and O–H groups in total. The Morgan fingerprint density at radius 3 is 1.84 bits per heavy atom. The van der Waals surface area contributed by atoms with Crippen molar-refractivity contribution < 1.29 is 47.6 Å². The number of hydrogen-bond acceptors (Lipinski definition) is 11. The highest BCUT2D eigenvalue weighted by Crippen LogP contribution is 2.31. The van der Waals surface area contributed by atoms with Crippen LogP contribution in [0, 0.1) is 0 Å². The van der Waals surface area contributed by atoms with Gasteiger partial charge in [0.05, 0.1) is 0 Å². The molecule has 0 saturated carbocycles. The number of nitrogen functional groups attached to an aromatic ring is 1. The van der Waals surface area contributed by atoms with Gasteiger partial charge in [-0.3, -0.25) is 19.2 Å². The normalized spacial score (nSPS) is 25.1. The second-order valence-corrected chi connectivity index (χ2v) is 6.75. The molecule has 0 radical (unpaired) electrons. The van der Waals surface area contributed by atoms with E-state index in [1.807, 2.05) is 0 Å². The van der Waals surface area contributed by atoms with Crippen LogP contribution in [0.4, 0.5) is 5.69 Å². The minimum Gasteiger partial charge on any atom is -0.463 e. The molecule has 0 spiro atoms. The van der Waals surface area contributed by atoms with Crippen molar-refractivity contribution in [2.24, 2.45) is 0 Å². The van der Waals surface area contributed by atoms with E-state index in [2.05, 4.69) is 0 Å². The zero-order valence-corrected chi connectivity index (χ0v) is 17.6. The number of hydrogen-bond donors (Lipinski definition) is 1. The molecule has 1 saturated heterocycles. The second-order valence-electron chi connectivity index (χ2n) is 6.75. The molecule has 1 heterocycles. The third kappa shape index (κ3) is 7.14. The Hall–Kier alpha value is -3.34. The predicted molar refractivity (Wildman–Crippen MR) is 103 cm³/mol. The summed E-state index contributed by atoms with van der Waals surface area (Å²) in [6.07, 6.45) is -6.20. The number of anilines is 1. The number of benzene rings is 1. The van der Waals surface area contributed by atoms with Gasteiger partial charge in [0.1, 0.15) is 18.5 Å². The predicted octanol–water partition coefficient (Wildman–Crippen LogP) is 0.731. The number of carbonyl (C=O) groups is 4. The Morgan fingerprint density at radius 1 is 0.806 bits per heavy atom. The molecule has 11 nitrogen and oxygen atoms in total. The lowest BCUT2D eigenvalue weighted by atomic mass is 9.98. The Labute approximate surface area is 178 Å². The SMILES string of the molecule is CC(=O)OCC1O[C@@H](Oc2ccc(N)cc2)[C@@H](OC(C)=O)C(OC(C)=O)[C@H]1OC(C)=O. The van der Waals surface area contributed by atoms with E-state index in [1.165, 1.54) is 6.92 Å². The largest absolute Gasteiger partial charge is 0.463 e. The van der Waals surface area contributed by atoms with Gasteiger partial charge in [-0.2, -0.15) is 0 Å². The first kappa shape index (κ1) is 23.9. The van der Waals surface area contributed by atoms with Gasteiger partial charge in [0, 0.05) is 33.4 Å². The summed E-state index contributed by atoms with van der Waals surface area (Å²) < 4.78 is 32.6. The minimum atomic E-state index is -1.29. The Bertz CT molecular complexity index is 809. The first-order valence-electron chi connectivity index (χ1n) is 9.39. The number of esters is 4. The molecular weight excluding hydrogens is 414 g/mol. The van der Waals surface area contributed by atoms with Crippen molar-refractivity contribution in [2.45, 2.75) is 58.4 Å². The van der Waals surface area contributed by atoms with Crippen LogP contribution >= 0.6 is 0 Å². The lowest BCUT2D eigenvalue weighted by molar-refractivity contribution is -0.288. The highest BCUT2D eigenvalue weighted by atomic mass is 16.7. The molecule has 2 rings (SSSR count). The van der Waals surface area contributed by atoms with Crippen LogP contribution in [0.5, 0.6) is 5.75 Å². The van der Waals surface area contributed by atoms with Crippen LogP contribution in [0.25, 0.3) is 0 Å². The number of carbonyl (C=O) groups excluding carboxylic acids is 4. The molecule has 0 aromatic heterocycles. The van der Waals surface area contributed by atoms with Crippen LogP contribution in [-0.4, -0.2) is 61.2 Å². The molecule has 5 atom stereocenters. The van der Waals surface area contributed by atoms with Crippen LogP contribution in [0.2, 0.25) is 0 Å². The molecule has 0 aliphatic carbocycles. The molecule has 0 amide bonds. The van der Waals surface area contributed by atoms with Crippen LogP contribution < -0.4 is 10.5 Å². The van der Waals surface area contributed by atoms with Gasteiger partial charge in [-0.15, -0.1) is 0 Å². The Kier molecular flexibility index (Phi) is 8.20. The summed E-state index contributed by atoms with van der Waals surface area (Å²) in [5.74, 6) is -2.43. The minimum absolute atomic E-state index is 0.315. The lowest BCUT2D eigenvalue weighted by Gasteiger charge is -2.43. The van der Waals surface area contributed by atoms with E-state index in [1.54, 1.807) is 24.3 Å². The molecule has 170 valence electrons. The first-order valence-corrected chi connectivity index (χ1v) is 9.39. The van der Waals surface area contributed by atoms with Gasteiger partial charge >= 0.3 is 23.9 Å². The summed E-state index contributed by atoms with van der Waals surface area (Å²) >= 11 is 0. The fraction of sp³-hybridized carbons (Fsp3) is 0.500. The summed E-state index contributed by atoms with van der Waals surface area (Å²) in [6.45, 7) is 4.29. The van der Waals surface area contributed by atoms with E-state index >= 15 is 0 Å². The van der Waals surface area contributed by atoms with Crippen molar-refractivity contribution in [3.63, 3.8) is 0 Å². The van der Waals surface area contributed by atoms with E-state index in [9.17, 15) is 19.2 Å². The van der Waals surface area contributed by atoms with E-state index in [4.69, 9.17) is 34.2 Å². The molecule has 0 bridgehead atoms. The summed E-state index contributed by atoms with van der Waals surface area (Å²) in [5, 5.41) is 0. The van der Waals surface area contributed by atoms with Crippen molar-refractivity contribution in [3.05, 3.63) is 24.3 Å². The third-order valence-electron chi connectivity index (χ3n) is 4.08. The molecule has 31 heavy (non-hydrogen) atoms. The maximum Gasteiger partial charge on any atom is 0.303 e. The van der Waals surface area contributed by atoms with Crippen LogP contribution in [0.1, 0.15) is 27.7 Å². The van der Waals surface area contributed by atoms with Gasteiger partial charge < -0.3 is 34.2 Å². The Balaban J connectivity index is 2.43. The molecule has 1 aliphatic heterocycles. The topological polar surface area (TPSA) is 150 Å². The molecular formula is C20H25NO10. The number of nitrogens with two attached hydrogens (primary N) is 1. The number of rotatable bonds is 7. The van der Waals surface area contributed by atoms with Crippen molar-refractivity contribution in [2.75, 3.05) is 12.3 Å². The van der Waals surface area contributed by atoms with Gasteiger partial charge in [0.2, 0.25) is 12.4 Å². The van der Waals surface area contributed by atoms with E-state index in [0.717, 1.165) is 20.8 Å². The molecule has 11 heteroatoms. The van der Waals surface area contributed by atoms with Gasteiger partial charge in [0.25, 0.3) is 0 Å². The summed E-state index contributed by atoms with van der Waals surface area (Å²) in [5.41, 5.74) is 6.17. The van der Waals surface area contributed by atoms with Crippen molar-refractivity contribution >= 4 is 29.6 Å². The fourth-order valence-corrected chi connectivity index (χ4v) is 2.96. The second kappa shape index (κ2) is 10.6. The van der Waals surface area contributed by atoms with Crippen LogP contribution in [-0.2, 0) is 42.9 Å². The molecule has 1 aromatic carbocycles. The highest BCUT2D eigenvalue weighted by molar-refractivity contribution is 5.68. The van der Waals surface area contributed by atoms with Gasteiger partial charge in [-0.1, -0.05) is 0 Å². The van der Waals surface area contributed by atoms with E-state index in [-0.39, 0.29) is 6.61 Å². The summed E-state index contributed by atoms with van der Waals surface area (Å²) in [4.78, 5) is 46.5. The highest BCUT2D eigenvalue weighted by Gasteiger charge is 2.53. The average Bonchev–Trinajstić information content (AvgIpc) is 2.65. The van der Waals surface area contributed by atoms with Crippen molar-refractivity contribution in [1.82, 2.24) is 0 Å². The monoisotopic (exact) mass is 439 g/mol. The van der Waals surface area contributed by atoms with Gasteiger partial charge in [-0.05, 0) is 24.3 Å². The smallest absolute Gasteiger partial charge is 0.303 e. The maximum atomic E-state index is 11.8. The van der Waals surface area contributed by atoms with Gasteiger partial charge in [0.15, 0.2) is 12.2 Å². The lowest BCUT2D eigenvalue weighted by Crippen LogP contribution is -2.63. The van der Waals surface area contributed by atoms with Crippen LogP contribution in [0.3, 0.4) is 0 Å². The molecule has 1 fully saturated rings. The quantitative estimate of drug-likeness (QED) is 0.364. The first-order chi connectivity index (χ1) is 14.6. The fourth-order valence-electron chi connectivity index (χ4n) is 2.96. The van der Waals surface area contributed by atoms with Crippen molar-refractivity contribution in [1.29, 1.82) is 0 Å². The standard InChI is InChI=1S/C20H25NO10/c1-10(22)26-9-16-17(27-11(2)23)18(28-12(3)24)19(29-13(4)25)20(31-16)30-15-7-5-14(21)6-8-15/h5-8,16-20H,9,21H2,1-4H3/t16?,17-,18?,19-,20+/m0/s1. The summed E-state index contributed by atoms with van der Waals surface area (Å²) in [7, 11) is 0. The van der Waals surface area contributed by atoms with Crippen LogP contribution in [0.15, 0.2) is 24.3 Å². The van der Waals surface area contributed by atoms with Gasteiger partial charge in [-0.25, -0.2) is 0 Å². The average molecular weight is 439 g/mol. The molecule has 1 aromatic rings. The zero-order valence-electron chi connectivity index (χ0n) is 17.6. The summed E-state index contributed by atoms with van der Waals surface area (Å²) in [6, 6.07) is 6.29.